The van der Waals surface area contributed by atoms with Gasteiger partial charge in [0.15, 0.2) is 5.76 Å². The average Bonchev–Trinajstić information content (AvgIpc) is 3.20. The number of esters is 1. The molecule has 0 N–H and O–H groups in total. The van der Waals surface area contributed by atoms with Gasteiger partial charge >= 0.3 is 5.97 Å². The highest BCUT2D eigenvalue weighted by Crippen LogP contribution is 2.32. The summed E-state index contributed by atoms with van der Waals surface area (Å²) in [5, 5.41) is 2.17. The lowest BCUT2D eigenvalue weighted by molar-refractivity contribution is 0.0736. The van der Waals surface area contributed by atoms with Crippen molar-refractivity contribution in [3.05, 3.63) is 86.2 Å². The van der Waals surface area contributed by atoms with Gasteiger partial charge in [0.25, 0.3) is 0 Å². The van der Waals surface area contributed by atoms with Crippen LogP contribution in [0.25, 0.3) is 22.3 Å². The molecule has 0 atom stereocenters. The molecule has 2 aromatic carbocycles. The SMILES string of the molecule is Cc1ccc(-c2oc3ccc(C)cc3c(=O)c2OC(=O)c2cccs2)cc1. The van der Waals surface area contributed by atoms with Gasteiger partial charge in [-0.05, 0) is 37.4 Å². The van der Waals surface area contributed by atoms with Crippen LogP contribution >= 0.6 is 11.3 Å². The maximum absolute atomic E-state index is 13.1. The van der Waals surface area contributed by atoms with Crippen LogP contribution < -0.4 is 10.2 Å². The van der Waals surface area contributed by atoms with E-state index in [0.717, 1.165) is 11.1 Å². The molecule has 0 bridgehead atoms. The molecule has 0 fully saturated rings. The highest BCUT2D eigenvalue weighted by Gasteiger charge is 2.21. The van der Waals surface area contributed by atoms with Gasteiger partial charge in [-0.3, -0.25) is 4.79 Å². The number of hydrogen-bond acceptors (Lipinski definition) is 5. The molecule has 5 heteroatoms. The van der Waals surface area contributed by atoms with Crippen LogP contribution in [-0.4, -0.2) is 5.97 Å². The molecular formula is C22H16O4S. The van der Waals surface area contributed by atoms with E-state index in [9.17, 15) is 9.59 Å². The Hall–Kier alpha value is -3.18. The zero-order valence-corrected chi connectivity index (χ0v) is 15.6. The summed E-state index contributed by atoms with van der Waals surface area (Å²) in [5.74, 6) is -0.408. The van der Waals surface area contributed by atoms with Crippen molar-refractivity contribution in [3.8, 4) is 17.1 Å². The first-order chi connectivity index (χ1) is 13.0. The molecule has 0 unspecified atom stereocenters. The molecule has 2 heterocycles. The summed E-state index contributed by atoms with van der Waals surface area (Å²) in [7, 11) is 0. The number of ether oxygens (including phenoxy) is 1. The summed E-state index contributed by atoms with van der Waals surface area (Å²) >= 11 is 1.26. The van der Waals surface area contributed by atoms with Gasteiger partial charge in [-0.25, -0.2) is 4.79 Å². The molecule has 4 nitrogen and oxygen atoms in total. The highest BCUT2D eigenvalue weighted by atomic mass is 32.1. The number of benzene rings is 2. The third-order valence-corrected chi connectivity index (χ3v) is 5.08. The van der Waals surface area contributed by atoms with Crippen molar-refractivity contribution in [2.75, 3.05) is 0 Å². The average molecular weight is 376 g/mol. The standard InChI is InChI=1S/C22H16O4S/c1-13-5-8-15(9-6-13)20-21(26-22(24)18-4-3-11-27-18)19(23)16-12-14(2)7-10-17(16)25-20/h3-12H,1-2H3. The number of aryl methyl sites for hydroxylation is 2. The first-order valence-electron chi connectivity index (χ1n) is 8.43. The first kappa shape index (κ1) is 17.2. The molecule has 2 aromatic heterocycles. The predicted octanol–water partition coefficient (Wildman–Crippen LogP) is 5.36. The van der Waals surface area contributed by atoms with Crippen molar-refractivity contribution in [2.45, 2.75) is 13.8 Å². The summed E-state index contributed by atoms with van der Waals surface area (Å²) in [6.45, 7) is 3.87. The molecule has 0 amide bonds. The fourth-order valence-corrected chi connectivity index (χ4v) is 3.42. The van der Waals surface area contributed by atoms with Gasteiger partial charge in [0, 0.05) is 5.56 Å². The lowest BCUT2D eigenvalue weighted by Crippen LogP contribution is -2.15. The van der Waals surface area contributed by atoms with Crippen LogP contribution in [0.5, 0.6) is 5.75 Å². The predicted molar refractivity (Wildman–Crippen MR) is 107 cm³/mol. The number of carbonyl (C=O) groups excluding carboxylic acids is 1. The quantitative estimate of drug-likeness (QED) is 0.452. The Labute approximate surface area is 159 Å². The van der Waals surface area contributed by atoms with Gasteiger partial charge in [-0.2, -0.15) is 0 Å². The monoisotopic (exact) mass is 376 g/mol. The van der Waals surface area contributed by atoms with Crippen molar-refractivity contribution in [2.24, 2.45) is 0 Å². The zero-order chi connectivity index (χ0) is 19.0. The van der Waals surface area contributed by atoms with Crippen molar-refractivity contribution in [3.63, 3.8) is 0 Å². The molecule has 0 aliphatic carbocycles. The van der Waals surface area contributed by atoms with Crippen molar-refractivity contribution >= 4 is 28.3 Å². The second-order valence-electron chi connectivity index (χ2n) is 6.32. The number of rotatable bonds is 3. The Balaban J connectivity index is 1.94. The molecular weight excluding hydrogens is 360 g/mol. The van der Waals surface area contributed by atoms with E-state index in [4.69, 9.17) is 9.15 Å². The van der Waals surface area contributed by atoms with E-state index in [0.29, 0.717) is 21.4 Å². The van der Waals surface area contributed by atoms with Gasteiger partial charge in [0.2, 0.25) is 11.2 Å². The molecule has 0 spiro atoms. The third-order valence-electron chi connectivity index (χ3n) is 4.24. The van der Waals surface area contributed by atoms with E-state index in [1.54, 1.807) is 29.6 Å². The van der Waals surface area contributed by atoms with Crippen LogP contribution in [0, 0.1) is 13.8 Å². The van der Waals surface area contributed by atoms with Crippen LogP contribution in [0.1, 0.15) is 20.8 Å². The number of fused-ring (bicyclic) bond motifs is 1. The Morgan fingerprint density at radius 2 is 1.74 bits per heavy atom. The highest BCUT2D eigenvalue weighted by molar-refractivity contribution is 7.12. The van der Waals surface area contributed by atoms with Crippen molar-refractivity contribution < 1.29 is 13.9 Å². The summed E-state index contributed by atoms with van der Waals surface area (Å²) in [6, 6.07) is 16.3. The van der Waals surface area contributed by atoms with Crippen LogP contribution in [0.3, 0.4) is 0 Å². The van der Waals surface area contributed by atoms with E-state index < -0.39 is 5.97 Å². The molecule has 4 rings (SSSR count). The summed E-state index contributed by atoms with van der Waals surface area (Å²) in [6.07, 6.45) is 0. The Morgan fingerprint density at radius 3 is 2.44 bits per heavy atom. The maximum Gasteiger partial charge on any atom is 0.353 e. The van der Waals surface area contributed by atoms with Crippen LogP contribution in [-0.2, 0) is 0 Å². The normalized spacial score (nSPS) is 10.9. The molecule has 0 radical (unpaired) electrons. The number of hydrogen-bond donors (Lipinski definition) is 0. The molecule has 0 saturated carbocycles. The Kier molecular flexibility index (Phi) is 4.38. The fourth-order valence-electron chi connectivity index (χ4n) is 2.82. The van der Waals surface area contributed by atoms with Crippen molar-refractivity contribution in [1.29, 1.82) is 0 Å². The van der Waals surface area contributed by atoms with E-state index in [1.807, 2.05) is 44.2 Å². The molecule has 0 aliphatic heterocycles. The minimum atomic E-state index is -0.572. The topological polar surface area (TPSA) is 56.5 Å². The van der Waals surface area contributed by atoms with Gasteiger partial charge in [-0.1, -0.05) is 47.5 Å². The van der Waals surface area contributed by atoms with E-state index in [1.165, 1.54) is 11.3 Å². The number of carbonyl (C=O) groups is 1. The van der Waals surface area contributed by atoms with Gasteiger partial charge in [0.1, 0.15) is 10.5 Å². The third kappa shape index (κ3) is 3.29. The molecule has 0 saturated heterocycles. The summed E-state index contributed by atoms with van der Waals surface area (Å²) in [5.41, 5.74) is 2.77. The Bertz CT molecular complexity index is 1190. The second kappa shape index (κ2) is 6.85. The van der Waals surface area contributed by atoms with E-state index in [2.05, 4.69) is 0 Å². The van der Waals surface area contributed by atoms with Crippen LogP contribution in [0.4, 0.5) is 0 Å². The first-order valence-corrected chi connectivity index (χ1v) is 9.31. The molecule has 4 aromatic rings. The molecule has 27 heavy (non-hydrogen) atoms. The largest absolute Gasteiger partial charge is 0.452 e. The zero-order valence-electron chi connectivity index (χ0n) is 14.8. The van der Waals surface area contributed by atoms with Crippen LogP contribution in [0.15, 0.2) is 69.2 Å². The van der Waals surface area contributed by atoms with Crippen molar-refractivity contribution in [1.82, 2.24) is 0 Å². The smallest absolute Gasteiger partial charge is 0.353 e. The second-order valence-corrected chi connectivity index (χ2v) is 7.27. The van der Waals surface area contributed by atoms with Crippen LogP contribution in [0.2, 0.25) is 0 Å². The van der Waals surface area contributed by atoms with Gasteiger partial charge in [0.05, 0.1) is 5.39 Å². The number of thiophene rings is 1. The molecule has 134 valence electrons. The molecule has 0 aliphatic rings. The Morgan fingerprint density at radius 1 is 1.00 bits per heavy atom. The maximum atomic E-state index is 13.1. The van der Waals surface area contributed by atoms with E-state index in [-0.39, 0.29) is 16.9 Å². The minimum Gasteiger partial charge on any atom is -0.452 e. The summed E-state index contributed by atoms with van der Waals surface area (Å²) in [4.78, 5) is 26.0. The van der Waals surface area contributed by atoms with Gasteiger partial charge in [-0.15, -0.1) is 11.3 Å². The fraction of sp³-hybridized carbons (Fsp3) is 0.0909. The lowest BCUT2D eigenvalue weighted by atomic mass is 10.1. The van der Waals surface area contributed by atoms with Gasteiger partial charge < -0.3 is 9.15 Å². The summed E-state index contributed by atoms with van der Waals surface area (Å²) < 4.78 is 11.5. The lowest BCUT2D eigenvalue weighted by Gasteiger charge is -2.10. The minimum absolute atomic E-state index is 0.0876. The van der Waals surface area contributed by atoms with E-state index >= 15 is 0 Å².